The van der Waals surface area contributed by atoms with Crippen LogP contribution in [0.15, 0.2) is 66.6 Å². The number of halogens is 1. The second-order valence-corrected chi connectivity index (χ2v) is 8.92. The zero-order valence-electron chi connectivity index (χ0n) is 36.4. The number of benzene rings is 2. The molecule has 0 saturated heterocycles. The normalized spacial score (nSPS) is 17.0. The van der Waals surface area contributed by atoms with Crippen LogP contribution in [0.5, 0.6) is 11.5 Å². The molecule has 0 bridgehead atoms. The number of nitrogens with zero attached hydrogens (tertiary/aromatic N) is 4. The second-order valence-electron chi connectivity index (χ2n) is 8.55. The highest BCUT2D eigenvalue weighted by atomic mass is 35.5. The van der Waals surface area contributed by atoms with Gasteiger partial charge in [-0.15, -0.1) is 0 Å². The quantitative estimate of drug-likeness (QED) is 0.191. The SMILES string of the molecule is [2H]/C(=C\C(=O)Cc1c(OC([2H])([2H])C)c([2H])c2nc([2H])c(C#N)c(Nc3c([2H])c([2H])c(OC([2H])([2H])c4nc(C)c([2H])c([2H])c4[2H])c(Cl)c3[2H])c2c1[2H])CN(C)C. The first-order chi connectivity index (χ1) is 25.3. The van der Waals surface area contributed by atoms with Crippen molar-refractivity contribution in [3.63, 3.8) is 0 Å². The molecule has 0 aliphatic rings. The summed E-state index contributed by atoms with van der Waals surface area (Å²) in [5.74, 6) is -2.13. The number of ketones is 1. The Morgan fingerprint density at radius 2 is 2.07 bits per heavy atom. The van der Waals surface area contributed by atoms with Gasteiger partial charge in [0.1, 0.15) is 24.1 Å². The summed E-state index contributed by atoms with van der Waals surface area (Å²) >= 11 is 6.43. The number of carbonyl (C=O) groups excluding carboxylic acids is 1. The molecular weight excluding hydrogens is 538 g/mol. The van der Waals surface area contributed by atoms with Gasteiger partial charge in [-0.2, -0.15) is 5.26 Å². The third kappa shape index (κ3) is 7.82. The molecule has 0 aliphatic heterocycles. The van der Waals surface area contributed by atoms with Gasteiger partial charge in [-0.25, -0.2) is 0 Å². The van der Waals surface area contributed by atoms with Crippen LogP contribution < -0.4 is 14.8 Å². The molecule has 2 heterocycles. The number of nitriles is 1. The Bertz CT molecular complexity index is 2300. The molecule has 4 rings (SSSR count). The van der Waals surface area contributed by atoms with Crippen LogP contribution in [0.2, 0.25) is 5.02 Å². The van der Waals surface area contributed by atoms with E-state index in [1.54, 1.807) is 25.1 Å². The summed E-state index contributed by atoms with van der Waals surface area (Å²) in [6.45, 7) is -3.10. The number of ether oxygens (including phenoxy) is 2. The molecule has 9 heteroatoms. The van der Waals surface area contributed by atoms with E-state index in [9.17, 15) is 10.1 Å². The summed E-state index contributed by atoms with van der Waals surface area (Å²) in [7, 11) is 3.35. The van der Waals surface area contributed by atoms with Gasteiger partial charge in [0.25, 0.3) is 0 Å². The lowest BCUT2D eigenvalue weighted by Gasteiger charge is -2.16. The number of hydrogen-bond acceptors (Lipinski definition) is 8. The van der Waals surface area contributed by atoms with Gasteiger partial charge in [0.15, 0.2) is 5.78 Å². The molecule has 0 spiro atoms. The Kier molecular flexibility index (Phi) is 5.40. The predicted molar refractivity (Wildman–Crippen MR) is 162 cm³/mol. The molecule has 210 valence electrons. The van der Waals surface area contributed by atoms with Crippen LogP contribution in [-0.2, 0) is 17.8 Å². The Labute approximate surface area is 264 Å². The minimum atomic E-state index is -3.07. The Hall–Kier alpha value is -4.45. The van der Waals surface area contributed by atoms with Gasteiger partial charge in [0.05, 0.1) is 53.2 Å². The Balaban J connectivity index is 1.97. The van der Waals surface area contributed by atoms with Gasteiger partial charge < -0.3 is 19.7 Å². The lowest BCUT2D eigenvalue weighted by molar-refractivity contribution is -0.114. The molecule has 0 amide bonds. The molecule has 41 heavy (non-hydrogen) atoms. The fourth-order valence-electron chi connectivity index (χ4n) is 3.34. The third-order valence-electron chi connectivity index (χ3n) is 5.07. The number of carbonyl (C=O) groups is 1. The van der Waals surface area contributed by atoms with E-state index in [0.717, 1.165) is 13.0 Å². The molecular formula is C32H32ClN5O3. The number of allylic oxidation sites excluding steroid dienone is 1. The number of rotatable bonds is 12. The van der Waals surface area contributed by atoms with Gasteiger partial charge in [0.2, 0.25) is 0 Å². The zero-order chi connectivity index (χ0) is 41.6. The van der Waals surface area contributed by atoms with Gasteiger partial charge in [-0.1, -0.05) is 23.7 Å². The number of aromatic nitrogens is 2. The van der Waals surface area contributed by atoms with Crippen molar-refractivity contribution in [2.24, 2.45) is 0 Å². The van der Waals surface area contributed by atoms with Crippen molar-refractivity contribution in [3.8, 4) is 17.6 Å². The average molecular weight is 584 g/mol. The van der Waals surface area contributed by atoms with Crippen LogP contribution in [0.4, 0.5) is 11.4 Å². The molecule has 0 aliphatic carbocycles. The molecule has 0 unspecified atom stereocenters. The first kappa shape index (κ1) is 16.1. The molecule has 0 radical (unpaired) electrons. The third-order valence-corrected chi connectivity index (χ3v) is 5.34. The van der Waals surface area contributed by atoms with E-state index in [2.05, 4.69) is 15.3 Å². The van der Waals surface area contributed by atoms with Crippen molar-refractivity contribution >= 4 is 39.7 Å². The summed E-state index contributed by atoms with van der Waals surface area (Å²) in [5, 5.41) is 11.6. The van der Waals surface area contributed by atoms with Crippen LogP contribution >= 0.6 is 11.6 Å². The van der Waals surface area contributed by atoms with Gasteiger partial charge in [-0.3, -0.25) is 14.8 Å². The molecule has 0 fully saturated rings. The highest BCUT2D eigenvalue weighted by Crippen LogP contribution is 2.36. The van der Waals surface area contributed by atoms with Crippen molar-refractivity contribution in [3.05, 3.63) is 94.2 Å². The van der Waals surface area contributed by atoms with E-state index in [0.29, 0.717) is 0 Å². The molecule has 0 atom stereocenters. The van der Waals surface area contributed by atoms with E-state index in [1.165, 1.54) is 6.92 Å². The van der Waals surface area contributed by atoms with Gasteiger partial charge >= 0.3 is 0 Å². The number of fused-ring (bicyclic) bond motifs is 1. The highest BCUT2D eigenvalue weighted by molar-refractivity contribution is 6.32. The standard InChI is InChI=1S/C32H32ClN5O3/c1-5-40-31-17-29-27(15-22(31)14-26(39)10-7-13-38(3)4)32(23(18-34)19-35-29)37-24-11-12-30(28(33)16-24)41-20-25-9-6-8-21(2)36-25/h6-12,15-17,19H,5,13-14,20H2,1-4H3,(H,35,37)/b10-7+/i5D2,6D,7D,8D,9D,11D,12D,15D,16D,17D,19D,20D2. The number of hydrogen-bond donors (Lipinski definition) is 1. The molecule has 2 aromatic heterocycles. The first-order valence-corrected chi connectivity index (χ1v) is 12.3. The van der Waals surface area contributed by atoms with Crippen LogP contribution in [-0.4, -0.2) is 47.9 Å². The molecule has 0 saturated carbocycles. The first-order valence-electron chi connectivity index (χ1n) is 18.9. The maximum Gasteiger partial charge on any atom is 0.159 e. The lowest BCUT2D eigenvalue weighted by atomic mass is 10.0. The van der Waals surface area contributed by atoms with E-state index in [-0.39, 0.29) is 29.2 Å². The van der Waals surface area contributed by atoms with Crippen LogP contribution in [0.25, 0.3) is 10.9 Å². The second kappa shape index (κ2) is 13.8. The lowest BCUT2D eigenvalue weighted by Crippen LogP contribution is -2.11. The zero-order valence-corrected chi connectivity index (χ0v) is 23.1. The topological polar surface area (TPSA) is 100 Å². The van der Waals surface area contributed by atoms with Gasteiger partial charge in [0, 0.05) is 47.5 Å². The summed E-state index contributed by atoms with van der Waals surface area (Å²) in [5.41, 5.74) is -3.29. The Morgan fingerprint density at radius 1 is 1.24 bits per heavy atom. The van der Waals surface area contributed by atoms with Crippen molar-refractivity contribution in [2.45, 2.75) is 26.8 Å². The molecule has 4 aromatic rings. The number of anilines is 2. The number of nitrogens with one attached hydrogen (secondary N) is 1. The van der Waals surface area contributed by atoms with Crippen LogP contribution in [0, 0.1) is 18.3 Å². The van der Waals surface area contributed by atoms with E-state index < -0.39 is 125 Å². The minimum absolute atomic E-state index is 0.0877. The van der Waals surface area contributed by atoms with E-state index in [1.807, 2.05) is 0 Å². The average Bonchev–Trinajstić information content (AvgIpc) is 3.07. The van der Waals surface area contributed by atoms with E-state index >= 15 is 0 Å². The maximum absolute atomic E-state index is 13.1. The fraction of sp³-hybridized carbons (Fsp3) is 0.250. The van der Waals surface area contributed by atoms with Crippen molar-refractivity contribution in [2.75, 3.05) is 32.5 Å². The summed E-state index contributed by atoms with van der Waals surface area (Å²) in [6.07, 6.45) is -0.449. The molecule has 1 N–H and O–H groups in total. The number of aryl methyl sites for hydroxylation is 1. The monoisotopic (exact) mass is 583 g/mol. The Morgan fingerprint density at radius 3 is 2.83 bits per heavy atom. The largest absolute Gasteiger partial charge is 0.494 e. The summed E-state index contributed by atoms with van der Waals surface area (Å²) in [6, 6.07) is -4.07. The van der Waals surface area contributed by atoms with Crippen molar-refractivity contribution < 1.29 is 33.5 Å². The summed E-state index contributed by atoms with van der Waals surface area (Å²) < 4.78 is 128. The van der Waals surface area contributed by atoms with Crippen molar-refractivity contribution in [1.29, 1.82) is 5.26 Å². The fourth-order valence-corrected chi connectivity index (χ4v) is 3.52. The van der Waals surface area contributed by atoms with Crippen LogP contribution in [0.3, 0.4) is 0 Å². The number of pyridine rings is 2. The maximum atomic E-state index is 13.1. The van der Waals surface area contributed by atoms with Gasteiger partial charge in [-0.05, 0) is 70.3 Å². The molecule has 2 aromatic carbocycles. The van der Waals surface area contributed by atoms with E-state index in [4.69, 9.17) is 40.3 Å². The number of likely N-dealkylation sites (N-methyl/N-ethyl adjacent to an activating group) is 1. The minimum Gasteiger partial charge on any atom is -0.494 e. The molecule has 8 nitrogen and oxygen atoms in total. The summed E-state index contributed by atoms with van der Waals surface area (Å²) in [4.78, 5) is 22.6. The predicted octanol–water partition coefficient (Wildman–Crippen LogP) is 6.41. The smallest absolute Gasteiger partial charge is 0.159 e. The van der Waals surface area contributed by atoms with Crippen molar-refractivity contribution in [1.82, 2.24) is 14.9 Å². The van der Waals surface area contributed by atoms with Crippen LogP contribution in [0.1, 0.15) is 48.6 Å². The highest BCUT2D eigenvalue weighted by Gasteiger charge is 2.16.